The number of nitrogens with zero attached hydrogens (tertiary/aromatic N) is 5. The maximum absolute atomic E-state index is 15.1. The first kappa shape index (κ1) is 21.8. The fraction of sp³-hybridized carbons (Fsp3) is 0.333. The summed E-state index contributed by atoms with van der Waals surface area (Å²) in [5, 5.41) is 0. The van der Waals surface area contributed by atoms with Gasteiger partial charge in [0.25, 0.3) is 5.91 Å². The van der Waals surface area contributed by atoms with E-state index in [-0.39, 0.29) is 11.5 Å². The molecular weight excluding hydrogens is 407 g/mol. The van der Waals surface area contributed by atoms with Gasteiger partial charge in [-0.1, -0.05) is 13.0 Å². The predicted molar refractivity (Wildman–Crippen MR) is 122 cm³/mol. The van der Waals surface area contributed by atoms with Gasteiger partial charge in [-0.2, -0.15) is 0 Å². The van der Waals surface area contributed by atoms with Gasteiger partial charge < -0.3 is 15.5 Å². The summed E-state index contributed by atoms with van der Waals surface area (Å²) in [6, 6.07) is 8.53. The molecule has 0 unspecified atom stereocenters. The van der Waals surface area contributed by atoms with Crippen LogP contribution in [-0.2, 0) is 6.42 Å². The lowest BCUT2D eigenvalue weighted by Gasteiger charge is -2.21. The van der Waals surface area contributed by atoms with Crippen LogP contribution >= 0.6 is 0 Å². The van der Waals surface area contributed by atoms with E-state index >= 15 is 4.39 Å². The van der Waals surface area contributed by atoms with E-state index in [2.05, 4.69) is 19.9 Å². The topological polar surface area (TPSA) is 88.2 Å². The van der Waals surface area contributed by atoms with Gasteiger partial charge in [0.15, 0.2) is 0 Å². The molecule has 1 aliphatic rings. The third kappa shape index (κ3) is 4.18. The Kier molecular flexibility index (Phi) is 6.14. The normalized spacial score (nSPS) is 16.0. The van der Waals surface area contributed by atoms with Gasteiger partial charge in [0.05, 0.1) is 17.0 Å². The van der Waals surface area contributed by atoms with E-state index in [0.29, 0.717) is 42.6 Å². The minimum Gasteiger partial charge on any atom is -0.384 e. The molecule has 3 heterocycles. The van der Waals surface area contributed by atoms with Gasteiger partial charge in [-0.25, -0.2) is 19.3 Å². The zero-order valence-electron chi connectivity index (χ0n) is 18.5. The summed E-state index contributed by atoms with van der Waals surface area (Å²) >= 11 is 0. The second-order valence-electron chi connectivity index (χ2n) is 8.22. The van der Waals surface area contributed by atoms with E-state index < -0.39 is 5.82 Å². The molecule has 166 valence electrons. The molecule has 4 rings (SSSR count). The van der Waals surface area contributed by atoms with Crippen LogP contribution in [0, 0.1) is 5.82 Å². The third-order valence-electron chi connectivity index (χ3n) is 5.99. The number of pyridine rings is 1. The summed E-state index contributed by atoms with van der Waals surface area (Å²) in [5.41, 5.74) is 9.40. The van der Waals surface area contributed by atoms with E-state index in [0.717, 1.165) is 23.2 Å². The first-order valence-electron chi connectivity index (χ1n) is 10.7. The SMILES string of the molecule is CCc1ncnc(-c2ccc(C(=O)N3CC[C@H](N(C)C)C3)c(F)c2)c1-c1ccc(N)nc1. The summed E-state index contributed by atoms with van der Waals surface area (Å²) in [6.07, 6.45) is 4.71. The van der Waals surface area contributed by atoms with Gasteiger partial charge in [-0.05, 0) is 51.2 Å². The number of hydrogen-bond donors (Lipinski definition) is 1. The van der Waals surface area contributed by atoms with Crippen molar-refractivity contribution in [3.63, 3.8) is 0 Å². The van der Waals surface area contributed by atoms with Crippen LogP contribution in [0.25, 0.3) is 22.4 Å². The molecule has 1 fully saturated rings. The van der Waals surface area contributed by atoms with Crippen molar-refractivity contribution in [2.24, 2.45) is 0 Å². The minimum atomic E-state index is -0.557. The fourth-order valence-corrected chi connectivity index (χ4v) is 4.12. The molecule has 1 saturated heterocycles. The Hall–Kier alpha value is -3.39. The Morgan fingerprint density at radius 2 is 1.97 bits per heavy atom. The number of aromatic nitrogens is 3. The number of likely N-dealkylation sites (tertiary alicyclic amines) is 1. The Morgan fingerprint density at radius 3 is 2.59 bits per heavy atom. The summed E-state index contributed by atoms with van der Waals surface area (Å²) in [5.74, 6) is -0.422. The van der Waals surface area contributed by atoms with Gasteiger partial charge in [-0.15, -0.1) is 0 Å². The van der Waals surface area contributed by atoms with Crippen molar-refractivity contribution in [1.82, 2.24) is 24.8 Å². The van der Waals surface area contributed by atoms with Crippen molar-refractivity contribution in [2.45, 2.75) is 25.8 Å². The van der Waals surface area contributed by atoms with E-state index in [4.69, 9.17) is 5.73 Å². The monoisotopic (exact) mass is 434 g/mol. The first-order valence-corrected chi connectivity index (χ1v) is 10.7. The van der Waals surface area contributed by atoms with Gasteiger partial charge in [0.1, 0.15) is 18.0 Å². The number of benzene rings is 1. The number of carbonyl (C=O) groups is 1. The molecule has 0 aliphatic carbocycles. The number of hydrogen-bond acceptors (Lipinski definition) is 6. The van der Waals surface area contributed by atoms with Crippen LogP contribution in [0.15, 0.2) is 42.9 Å². The lowest BCUT2D eigenvalue weighted by Crippen LogP contribution is -2.34. The molecule has 0 radical (unpaired) electrons. The lowest BCUT2D eigenvalue weighted by molar-refractivity contribution is 0.0778. The Bertz CT molecular complexity index is 1130. The maximum Gasteiger partial charge on any atom is 0.256 e. The number of nitrogens with two attached hydrogens (primary N) is 1. The Balaban J connectivity index is 1.69. The number of halogens is 1. The minimum absolute atomic E-state index is 0.0774. The standard InChI is InChI=1S/C24H27FN6O/c1-4-20-22(16-6-8-21(26)27-12-16)23(29-14-28-20)15-5-7-18(19(25)11-15)24(32)31-10-9-17(13-31)30(2)3/h5-8,11-12,14,17H,4,9-10,13H2,1-3H3,(H2,26,27)/t17-/m0/s1. The van der Waals surface area contributed by atoms with Crippen molar-refractivity contribution in [3.8, 4) is 22.4 Å². The summed E-state index contributed by atoms with van der Waals surface area (Å²) in [6.45, 7) is 3.23. The highest BCUT2D eigenvalue weighted by atomic mass is 19.1. The van der Waals surface area contributed by atoms with Crippen LogP contribution in [0.2, 0.25) is 0 Å². The van der Waals surface area contributed by atoms with E-state index in [1.54, 1.807) is 29.3 Å². The molecule has 0 bridgehead atoms. The van der Waals surface area contributed by atoms with Crippen LogP contribution in [0.3, 0.4) is 0 Å². The average molecular weight is 435 g/mol. The van der Waals surface area contributed by atoms with Crippen molar-refractivity contribution in [3.05, 3.63) is 59.9 Å². The van der Waals surface area contributed by atoms with Crippen LogP contribution in [0.1, 0.15) is 29.4 Å². The van der Waals surface area contributed by atoms with Gasteiger partial charge in [0, 0.05) is 42.0 Å². The van der Waals surface area contributed by atoms with Crippen molar-refractivity contribution < 1.29 is 9.18 Å². The van der Waals surface area contributed by atoms with E-state index in [1.807, 2.05) is 27.1 Å². The smallest absolute Gasteiger partial charge is 0.256 e. The molecule has 1 aromatic carbocycles. The third-order valence-corrected chi connectivity index (χ3v) is 5.99. The summed E-state index contributed by atoms with van der Waals surface area (Å²) in [7, 11) is 3.99. The number of rotatable bonds is 5. The summed E-state index contributed by atoms with van der Waals surface area (Å²) in [4.78, 5) is 29.8. The van der Waals surface area contributed by atoms with Crippen LogP contribution in [0.4, 0.5) is 10.2 Å². The molecule has 0 saturated carbocycles. The average Bonchev–Trinajstić information content (AvgIpc) is 3.29. The number of likely N-dealkylation sites (N-methyl/N-ethyl adjacent to an activating group) is 1. The van der Waals surface area contributed by atoms with Gasteiger partial charge in [-0.3, -0.25) is 4.79 Å². The molecule has 0 spiro atoms. The van der Waals surface area contributed by atoms with Crippen molar-refractivity contribution in [1.29, 1.82) is 0 Å². The highest BCUT2D eigenvalue weighted by Crippen LogP contribution is 2.33. The van der Waals surface area contributed by atoms with Gasteiger partial charge in [0.2, 0.25) is 0 Å². The zero-order chi connectivity index (χ0) is 22.8. The molecular formula is C24H27FN6O. The predicted octanol–water partition coefficient (Wildman–Crippen LogP) is 3.27. The fourth-order valence-electron chi connectivity index (χ4n) is 4.12. The number of anilines is 1. The molecule has 32 heavy (non-hydrogen) atoms. The van der Waals surface area contributed by atoms with Crippen molar-refractivity contribution >= 4 is 11.7 Å². The molecule has 1 amide bonds. The maximum atomic E-state index is 15.1. The van der Waals surface area contributed by atoms with Crippen LogP contribution in [-0.4, -0.2) is 63.9 Å². The number of aryl methyl sites for hydroxylation is 1. The molecule has 1 aliphatic heterocycles. The number of carbonyl (C=O) groups excluding carboxylic acids is 1. The second kappa shape index (κ2) is 9.00. The highest BCUT2D eigenvalue weighted by molar-refractivity contribution is 5.95. The number of nitrogen functional groups attached to an aromatic ring is 1. The Morgan fingerprint density at radius 1 is 1.19 bits per heavy atom. The van der Waals surface area contributed by atoms with E-state index in [9.17, 15) is 4.79 Å². The van der Waals surface area contributed by atoms with E-state index in [1.165, 1.54) is 12.4 Å². The largest absolute Gasteiger partial charge is 0.384 e. The van der Waals surface area contributed by atoms with Crippen molar-refractivity contribution in [2.75, 3.05) is 32.9 Å². The molecule has 2 N–H and O–H groups in total. The zero-order valence-corrected chi connectivity index (χ0v) is 18.5. The van der Waals surface area contributed by atoms with Gasteiger partial charge >= 0.3 is 0 Å². The van der Waals surface area contributed by atoms with Crippen LogP contribution < -0.4 is 5.73 Å². The quantitative estimate of drug-likeness (QED) is 0.663. The van der Waals surface area contributed by atoms with Crippen LogP contribution in [0.5, 0.6) is 0 Å². The first-order chi connectivity index (χ1) is 15.4. The molecule has 1 atom stereocenters. The second-order valence-corrected chi connectivity index (χ2v) is 8.22. The molecule has 2 aromatic heterocycles. The highest BCUT2D eigenvalue weighted by Gasteiger charge is 2.29. The molecule has 3 aromatic rings. The molecule has 8 heteroatoms. The summed E-state index contributed by atoms with van der Waals surface area (Å²) < 4.78 is 15.1. The lowest BCUT2D eigenvalue weighted by atomic mass is 9.97. The Labute approximate surface area is 187 Å². The number of amides is 1. The molecule has 7 nitrogen and oxygen atoms in total.